The van der Waals surface area contributed by atoms with Gasteiger partial charge in [-0.1, -0.05) is 19.1 Å². The molecule has 0 aliphatic carbocycles. The van der Waals surface area contributed by atoms with Gasteiger partial charge in [-0.05, 0) is 25.5 Å². The molecule has 1 atom stereocenters. The predicted octanol–water partition coefficient (Wildman–Crippen LogP) is 3.21. The molecule has 0 aromatic heterocycles. The number of para-hydroxylation sites is 1. The van der Waals surface area contributed by atoms with Crippen LogP contribution in [0.25, 0.3) is 0 Å². The highest BCUT2D eigenvalue weighted by Crippen LogP contribution is 2.37. The Morgan fingerprint density at radius 1 is 1.24 bits per heavy atom. The van der Waals surface area contributed by atoms with E-state index in [0.717, 1.165) is 6.07 Å². The Balaban J connectivity index is 3.07. The molecular weight excluding hydrogens is 231 g/mol. The lowest BCUT2D eigenvalue weighted by molar-refractivity contribution is -0.139. The Morgan fingerprint density at radius 3 is 2.29 bits per heavy atom. The van der Waals surface area contributed by atoms with Crippen LogP contribution in [0, 0.1) is 0 Å². The van der Waals surface area contributed by atoms with Gasteiger partial charge in [0.1, 0.15) is 11.4 Å². The van der Waals surface area contributed by atoms with Gasteiger partial charge in [-0.2, -0.15) is 13.2 Å². The minimum atomic E-state index is -4.42. The Bertz CT molecular complexity index is 372. The molecule has 5 heteroatoms. The third-order valence-corrected chi connectivity index (χ3v) is 2.73. The number of hydrogen-bond acceptors (Lipinski definition) is 2. The molecule has 0 radical (unpaired) electrons. The second kappa shape index (κ2) is 4.96. The first-order chi connectivity index (χ1) is 7.82. The third-order valence-electron chi connectivity index (χ3n) is 2.73. The van der Waals surface area contributed by atoms with Crippen LogP contribution in [-0.2, 0) is 6.18 Å². The molecule has 96 valence electrons. The molecular formula is C12H16F3NO. The smallest absolute Gasteiger partial charge is 0.419 e. The van der Waals surface area contributed by atoms with Gasteiger partial charge in [-0.3, -0.25) is 0 Å². The quantitative estimate of drug-likeness (QED) is 0.886. The lowest BCUT2D eigenvalue weighted by atomic mass is 10.0. The number of ether oxygens (including phenoxy) is 1. The number of alkyl halides is 3. The summed E-state index contributed by atoms with van der Waals surface area (Å²) in [5.74, 6) is -0.171. The molecule has 0 bridgehead atoms. The molecule has 0 spiro atoms. The molecule has 1 unspecified atom stereocenters. The summed E-state index contributed by atoms with van der Waals surface area (Å²) in [4.78, 5) is 0. The summed E-state index contributed by atoms with van der Waals surface area (Å²) in [6.07, 6.45) is -3.88. The molecule has 0 aliphatic rings. The van der Waals surface area contributed by atoms with Gasteiger partial charge in [0, 0.05) is 6.54 Å². The van der Waals surface area contributed by atoms with Crippen molar-refractivity contribution in [2.75, 3.05) is 6.54 Å². The van der Waals surface area contributed by atoms with Crippen LogP contribution in [0.3, 0.4) is 0 Å². The zero-order valence-corrected chi connectivity index (χ0v) is 9.84. The van der Waals surface area contributed by atoms with E-state index in [2.05, 4.69) is 0 Å². The second-order valence-electron chi connectivity index (χ2n) is 4.10. The number of nitrogens with two attached hydrogens (primary N) is 1. The van der Waals surface area contributed by atoms with Crippen molar-refractivity contribution >= 4 is 0 Å². The van der Waals surface area contributed by atoms with Crippen LogP contribution in [-0.4, -0.2) is 12.1 Å². The van der Waals surface area contributed by atoms with Gasteiger partial charge in [-0.25, -0.2) is 0 Å². The molecule has 0 heterocycles. The van der Waals surface area contributed by atoms with Crippen molar-refractivity contribution in [2.24, 2.45) is 5.73 Å². The maximum Gasteiger partial charge on any atom is 0.419 e. The molecule has 1 aromatic carbocycles. The molecule has 0 saturated carbocycles. The summed E-state index contributed by atoms with van der Waals surface area (Å²) in [6.45, 7) is 3.68. The predicted molar refractivity (Wildman–Crippen MR) is 59.8 cm³/mol. The van der Waals surface area contributed by atoms with E-state index in [0.29, 0.717) is 6.42 Å². The van der Waals surface area contributed by atoms with E-state index in [1.54, 1.807) is 6.92 Å². The molecule has 17 heavy (non-hydrogen) atoms. The summed E-state index contributed by atoms with van der Waals surface area (Å²) >= 11 is 0. The minimum absolute atomic E-state index is 0.162. The van der Waals surface area contributed by atoms with Crippen molar-refractivity contribution < 1.29 is 17.9 Å². The lowest BCUT2D eigenvalue weighted by Gasteiger charge is -2.29. The summed E-state index contributed by atoms with van der Waals surface area (Å²) in [5.41, 5.74) is 3.97. The highest BCUT2D eigenvalue weighted by Gasteiger charge is 2.35. The summed E-state index contributed by atoms with van der Waals surface area (Å²) < 4.78 is 43.6. The zero-order valence-electron chi connectivity index (χ0n) is 9.84. The summed E-state index contributed by atoms with van der Waals surface area (Å²) in [6, 6.07) is 5.16. The van der Waals surface area contributed by atoms with Gasteiger partial charge in [0.15, 0.2) is 0 Å². The first-order valence-electron chi connectivity index (χ1n) is 5.38. The fraction of sp³-hybridized carbons (Fsp3) is 0.500. The van der Waals surface area contributed by atoms with Gasteiger partial charge in [0.25, 0.3) is 0 Å². The van der Waals surface area contributed by atoms with Gasteiger partial charge in [-0.15, -0.1) is 0 Å². The van der Waals surface area contributed by atoms with Crippen molar-refractivity contribution in [3.05, 3.63) is 29.8 Å². The van der Waals surface area contributed by atoms with Crippen molar-refractivity contribution in [2.45, 2.75) is 32.0 Å². The first-order valence-corrected chi connectivity index (χ1v) is 5.38. The highest BCUT2D eigenvalue weighted by atomic mass is 19.4. The van der Waals surface area contributed by atoms with Gasteiger partial charge in [0.05, 0.1) is 5.56 Å². The number of halogens is 3. The Morgan fingerprint density at radius 2 is 1.82 bits per heavy atom. The molecule has 0 aliphatic heterocycles. The van der Waals surface area contributed by atoms with E-state index in [4.69, 9.17) is 10.5 Å². The van der Waals surface area contributed by atoms with E-state index >= 15 is 0 Å². The monoisotopic (exact) mass is 247 g/mol. The topological polar surface area (TPSA) is 35.2 Å². The number of benzene rings is 1. The number of hydrogen-bond donors (Lipinski definition) is 1. The lowest BCUT2D eigenvalue weighted by Crippen LogP contribution is -2.40. The van der Waals surface area contributed by atoms with E-state index in [1.165, 1.54) is 18.2 Å². The third kappa shape index (κ3) is 3.36. The van der Waals surface area contributed by atoms with E-state index in [1.807, 2.05) is 6.92 Å². The van der Waals surface area contributed by atoms with Crippen LogP contribution in [0.5, 0.6) is 5.75 Å². The SMILES string of the molecule is CCC(C)(CN)Oc1ccccc1C(F)(F)F. The van der Waals surface area contributed by atoms with Crippen LogP contribution in [0.2, 0.25) is 0 Å². The van der Waals surface area contributed by atoms with E-state index in [9.17, 15) is 13.2 Å². The fourth-order valence-electron chi connectivity index (χ4n) is 1.31. The normalized spacial score (nSPS) is 15.4. The molecule has 0 amide bonds. The average molecular weight is 247 g/mol. The zero-order chi connectivity index (χ0) is 13.1. The first kappa shape index (κ1) is 13.8. The maximum absolute atomic E-state index is 12.7. The number of rotatable bonds is 4. The van der Waals surface area contributed by atoms with Gasteiger partial charge in [0.2, 0.25) is 0 Å². The Hall–Kier alpha value is -1.23. The Kier molecular flexibility index (Phi) is 4.03. The second-order valence-corrected chi connectivity index (χ2v) is 4.10. The molecule has 2 N–H and O–H groups in total. The Labute approximate surface area is 98.6 Å². The van der Waals surface area contributed by atoms with Crippen molar-refractivity contribution in [3.63, 3.8) is 0 Å². The molecule has 0 saturated heterocycles. The van der Waals surface area contributed by atoms with Crippen LogP contribution in [0.4, 0.5) is 13.2 Å². The largest absolute Gasteiger partial charge is 0.486 e. The molecule has 1 rings (SSSR count). The van der Waals surface area contributed by atoms with Crippen molar-refractivity contribution in [1.29, 1.82) is 0 Å². The average Bonchev–Trinajstić information content (AvgIpc) is 2.28. The van der Waals surface area contributed by atoms with Crippen LogP contribution >= 0.6 is 0 Å². The van der Waals surface area contributed by atoms with Crippen molar-refractivity contribution in [3.8, 4) is 5.75 Å². The minimum Gasteiger partial charge on any atom is -0.486 e. The highest BCUT2D eigenvalue weighted by molar-refractivity contribution is 5.36. The maximum atomic E-state index is 12.7. The van der Waals surface area contributed by atoms with E-state index < -0.39 is 17.3 Å². The summed E-state index contributed by atoms with van der Waals surface area (Å²) in [5, 5.41) is 0. The molecule has 1 aromatic rings. The van der Waals surface area contributed by atoms with E-state index in [-0.39, 0.29) is 12.3 Å². The summed E-state index contributed by atoms with van der Waals surface area (Å²) in [7, 11) is 0. The molecule has 0 fully saturated rings. The van der Waals surface area contributed by atoms with Crippen molar-refractivity contribution in [1.82, 2.24) is 0 Å². The van der Waals surface area contributed by atoms with Gasteiger partial charge < -0.3 is 10.5 Å². The van der Waals surface area contributed by atoms with Gasteiger partial charge >= 0.3 is 6.18 Å². The molecule has 2 nitrogen and oxygen atoms in total. The van der Waals surface area contributed by atoms with Crippen LogP contribution in [0.1, 0.15) is 25.8 Å². The standard InChI is InChI=1S/C12H16F3NO/c1-3-11(2,8-16)17-10-7-5-4-6-9(10)12(13,14)15/h4-7H,3,8,16H2,1-2H3. The fourth-order valence-corrected chi connectivity index (χ4v) is 1.31. The van der Waals surface area contributed by atoms with Crippen LogP contribution < -0.4 is 10.5 Å². The van der Waals surface area contributed by atoms with Crippen LogP contribution in [0.15, 0.2) is 24.3 Å².